The number of nitrogens with one attached hydrogen (secondary N) is 1. The third-order valence-electron chi connectivity index (χ3n) is 4.48. The summed E-state index contributed by atoms with van der Waals surface area (Å²) in [5, 5.41) is 2.65. The minimum absolute atomic E-state index is 0.0627. The molecular weight excluding hydrogens is 372 g/mol. The molecule has 1 atom stereocenters. The van der Waals surface area contributed by atoms with Gasteiger partial charge in [-0.25, -0.2) is 0 Å². The molecule has 152 valence electrons. The summed E-state index contributed by atoms with van der Waals surface area (Å²) in [6.45, 7) is 2.50. The highest BCUT2D eigenvalue weighted by molar-refractivity contribution is 6.00. The van der Waals surface area contributed by atoms with Gasteiger partial charge in [-0.3, -0.25) is 14.4 Å². The number of hydrogen-bond donors (Lipinski definition) is 1. The lowest BCUT2D eigenvalue weighted by molar-refractivity contribution is -0.151. The van der Waals surface area contributed by atoms with Gasteiger partial charge in [-0.1, -0.05) is 25.1 Å². The van der Waals surface area contributed by atoms with E-state index in [1.54, 1.807) is 53.4 Å². The van der Waals surface area contributed by atoms with E-state index in [1.807, 2.05) is 13.0 Å². The molecule has 0 spiro atoms. The molecule has 0 aliphatic carbocycles. The topological polar surface area (TPSA) is 84.9 Å². The van der Waals surface area contributed by atoms with E-state index < -0.39 is 17.8 Å². The minimum atomic E-state index is -0.594. The van der Waals surface area contributed by atoms with Gasteiger partial charge in [0.25, 0.3) is 5.91 Å². The molecule has 1 aliphatic rings. The largest absolute Gasteiger partial charge is 0.494 e. The van der Waals surface area contributed by atoms with Crippen LogP contribution in [0.2, 0.25) is 0 Å². The first kappa shape index (κ1) is 20.4. The smallest absolute Gasteiger partial charge is 0.311 e. The Morgan fingerprint density at radius 3 is 2.52 bits per heavy atom. The maximum absolute atomic E-state index is 12.3. The average Bonchev–Trinajstić information content (AvgIpc) is 3.13. The summed E-state index contributed by atoms with van der Waals surface area (Å²) >= 11 is 0. The molecule has 7 nitrogen and oxygen atoms in total. The standard InChI is InChI=1S/C22H24N2O5/c1-2-12-28-19-10-8-18(9-11-19)24-14-16(13-21(24)26)22(27)29-15-20(25)23-17-6-4-3-5-7-17/h3-11,16H,2,12-15H2,1H3,(H,23,25)/t16-/m1/s1. The Kier molecular flexibility index (Phi) is 6.84. The first-order chi connectivity index (χ1) is 14.1. The lowest BCUT2D eigenvalue weighted by atomic mass is 10.1. The number of benzene rings is 2. The Morgan fingerprint density at radius 1 is 1.10 bits per heavy atom. The van der Waals surface area contributed by atoms with Crippen molar-refractivity contribution in [2.75, 3.05) is 30.0 Å². The van der Waals surface area contributed by atoms with E-state index in [0.29, 0.717) is 18.0 Å². The van der Waals surface area contributed by atoms with Crippen LogP contribution in [0.3, 0.4) is 0 Å². The van der Waals surface area contributed by atoms with Crippen LogP contribution in [0.1, 0.15) is 19.8 Å². The van der Waals surface area contributed by atoms with Gasteiger partial charge >= 0.3 is 5.97 Å². The zero-order chi connectivity index (χ0) is 20.6. The number of carbonyl (C=O) groups excluding carboxylic acids is 3. The molecule has 2 aromatic carbocycles. The summed E-state index contributed by atoms with van der Waals surface area (Å²) in [4.78, 5) is 38.1. The van der Waals surface area contributed by atoms with Gasteiger partial charge in [-0.15, -0.1) is 0 Å². The molecular formula is C22H24N2O5. The monoisotopic (exact) mass is 396 g/mol. The Balaban J connectivity index is 1.50. The second-order valence-corrected chi connectivity index (χ2v) is 6.77. The number of ether oxygens (including phenoxy) is 2. The molecule has 1 fully saturated rings. The lowest BCUT2D eigenvalue weighted by Gasteiger charge is -2.17. The van der Waals surface area contributed by atoms with E-state index in [4.69, 9.17) is 9.47 Å². The molecule has 2 amide bonds. The van der Waals surface area contributed by atoms with Crippen LogP contribution in [0.15, 0.2) is 54.6 Å². The van der Waals surface area contributed by atoms with Gasteiger partial charge in [0.05, 0.1) is 12.5 Å². The fourth-order valence-corrected chi connectivity index (χ4v) is 3.03. The number of rotatable bonds is 8. The van der Waals surface area contributed by atoms with Gasteiger partial charge < -0.3 is 19.7 Å². The molecule has 1 N–H and O–H groups in total. The zero-order valence-corrected chi connectivity index (χ0v) is 16.3. The highest BCUT2D eigenvalue weighted by Gasteiger charge is 2.36. The molecule has 29 heavy (non-hydrogen) atoms. The lowest BCUT2D eigenvalue weighted by Crippen LogP contribution is -2.28. The van der Waals surface area contributed by atoms with Crippen molar-refractivity contribution < 1.29 is 23.9 Å². The Hall–Kier alpha value is -3.35. The van der Waals surface area contributed by atoms with Crippen molar-refractivity contribution in [3.63, 3.8) is 0 Å². The maximum atomic E-state index is 12.3. The number of esters is 1. The molecule has 1 saturated heterocycles. The van der Waals surface area contributed by atoms with Crippen LogP contribution in [0.5, 0.6) is 5.75 Å². The van der Waals surface area contributed by atoms with Crippen LogP contribution < -0.4 is 15.0 Å². The number of nitrogens with zero attached hydrogens (tertiary/aromatic N) is 1. The van der Waals surface area contributed by atoms with Gasteiger partial charge in [0.1, 0.15) is 5.75 Å². The molecule has 1 aliphatic heterocycles. The number of anilines is 2. The summed E-state index contributed by atoms with van der Waals surface area (Å²) in [7, 11) is 0. The Bertz CT molecular complexity index is 851. The van der Waals surface area contributed by atoms with Gasteiger partial charge in [-0.05, 0) is 42.8 Å². The third-order valence-corrected chi connectivity index (χ3v) is 4.48. The summed E-state index contributed by atoms with van der Waals surface area (Å²) < 4.78 is 10.6. The molecule has 0 saturated carbocycles. The van der Waals surface area contributed by atoms with Gasteiger partial charge in [0.2, 0.25) is 5.91 Å². The first-order valence-electron chi connectivity index (χ1n) is 9.61. The van der Waals surface area contributed by atoms with Crippen LogP contribution in [0.4, 0.5) is 11.4 Å². The van der Waals surface area contributed by atoms with Gasteiger partial charge in [0, 0.05) is 24.3 Å². The zero-order valence-electron chi connectivity index (χ0n) is 16.3. The number of para-hydroxylation sites is 1. The van der Waals surface area contributed by atoms with E-state index in [9.17, 15) is 14.4 Å². The second-order valence-electron chi connectivity index (χ2n) is 6.77. The van der Waals surface area contributed by atoms with Gasteiger partial charge in [-0.2, -0.15) is 0 Å². The van der Waals surface area contributed by atoms with Crippen LogP contribution in [-0.4, -0.2) is 37.5 Å². The highest BCUT2D eigenvalue weighted by atomic mass is 16.5. The summed E-state index contributed by atoms with van der Waals surface area (Å²) in [6, 6.07) is 16.1. The van der Waals surface area contributed by atoms with Crippen LogP contribution in [0.25, 0.3) is 0 Å². The number of carbonyl (C=O) groups is 3. The van der Waals surface area contributed by atoms with Crippen molar-refractivity contribution in [2.45, 2.75) is 19.8 Å². The first-order valence-corrected chi connectivity index (χ1v) is 9.61. The van der Waals surface area contributed by atoms with Crippen molar-refractivity contribution >= 4 is 29.2 Å². The van der Waals surface area contributed by atoms with E-state index in [-0.39, 0.29) is 25.5 Å². The van der Waals surface area contributed by atoms with Crippen molar-refractivity contribution in [3.8, 4) is 5.75 Å². The summed E-state index contributed by atoms with van der Waals surface area (Å²) in [5.41, 5.74) is 1.33. The van der Waals surface area contributed by atoms with E-state index in [0.717, 1.165) is 12.2 Å². The second kappa shape index (κ2) is 9.73. The quantitative estimate of drug-likeness (QED) is 0.694. The summed E-state index contributed by atoms with van der Waals surface area (Å²) in [6.07, 6.45) is 0.979. The van der Waals surface area contributed by atoms with E-state index >= 15 is 0 Å². The summed E-state index contributed by atoms with van der Waals surface area (Å²) in [5.74, 6) is -0.978. The van der Waals surface area contributed by atoms with E-state index in [1.165, 1.54) is 0 Å². The van der Waals surface area contributed by atoms with Crippen LogP contribution in [0, 0.1) is 5.92 Å². The minimum Gasteiger partial charge on any atom is -0.494 e. The maximum Gasteiger partial charge on any atom is 0.311 e. The number of hydrogen-bond acceptors (Lipinski definition) is 5. The highest BCUT2D eigenvalue weighted by Crippen LogP contribution is 2.27. The molecule has 2 aromatic rings. The molecule has 7 heteroatoms. The molecule has 1 heterocycles. The van der Waals surface area contributed by atoms with Crippen LogP contribution >= 0.6 is 0 Å². The average molecular weight is 396 g/mol. The van der Waals surface area contributed by atoms with Gasteiger partial charge in [0.15, 0.2) is 6.61 Å². The predicted molar refractivity (Wildman–Crippen MR) is 109 cm³/mol. The van der Waals surface area contributed by atoms with E-state index in [2.05, 4.69) is 5.32 Å². The van der Waals surface area contributed by atoms with Crippen molar-refractivity contribution in [3.05, 3.63) is 54.6 Å². The van der Waals surface area contributed by atoms with Crippen molar-refractivity contribution in [2.24, 2.45) is 5.92 Å². The molecule has 0 unspecified atom stereocenters. The fraction of sp³-hybridized carbons (Fsp3) is 0.318. The molecule has 0 aromatic heterocycles. The Morgan fingerprint density at radius 2 is 1.83 bits per heavy atom. The number of amides is 2. The third kappa shape index (κ3) is 5.57. The molecule has 3 rings (SSSR count). The molecule has 0 radical (unpaired) electrons. The van der Waals surface area contributed by atoms with Crippen LogP contribution in [-0.2, 0) is 19.1 Å². The molecule has 0 bridgehead atoms. The fourth-order valence-electron chi connectivity index (χ4n) is 3.03. The predicted octanol–water partition coefficient (Wildman–Crippen LogP) is 3.01. The SMILES string of the molecule is CCCOc1ccc(N2C[C@H](C(=O)OCC(=O)Nc3ccccc3)CC2=O)cc1. The Labute approximate surface area is 169 Å². The van der Waals surface area contributed by atoms with Crippen molar-refractivity contribution in [1.82, 2.24) is 0 Å². The normalized spacial score (nSPS) is 15.8. The van der Waals surface area contributed by atoms with Crippen molar-refractivity contribution in [1.29, 1.82) is 0 Å².